The Morgan fingerprint density at radius 1 is 1.56 bits per heavy atom. The van der Waals surface area contributed by atoms with Crippen LogP contribution >= 0.6 is 11.6 Å². The lowest BCUT2D eigenvalue weighted by atomic mass is 9.94. The Bertz CT molecular complexity index is 354. The maximum atomic E-state index is 12.0. The highest BCUT2D eigenvalue weighted by molar-refractivity contribution is 6.21. The van der Waals surface area contributed by atoms with Crippen LogP contribution < -0.4 is 0 Å². The maximum absolute atomic E-state index is 12.0. The summed E-state index contributed by atoms with van der Waals surface area (Å²) in [6, 6.07) is 0.111. The van der Waals surface area contributed by atoms with Gasteiger partial charge < -0.3 is 4.90 Å². The fourth-order valence-electron chi connectivity index (χ4n) is 2.14. The van der Waals surface area contributed by atoms with Crippen molar-refractivity contribution in [3.05, 3.63) is 11.9 Å². The Hall–Kier alpha value is -1.10. The van der Waals surface area contributed by atoms with Gasteiger partial charge in [-0.15, -0.1) is 11.6 Å². The standard InChI is InChI=1S/C10H15ClN4O/c1-15(9-5-3-2-4-7(9)11)10(16)8-6-12-14-13-8/h6-7,9H,2-5H2,1H3,(H,12,13,14). The third-order valence-electron chi connectivity index (χ3n) is 3.10. The summed E-state index contributed by atoms with van der Waals surface area (Å²) in [5.74, 6) is -0.119. The summed E-state index contributed by atoms with van der Waals surface area (Å²) in [7, 11) is 1.78. The van der Waals surface area contributed by atoms with Crippen LogP contribution in [-0.4, -0.2) is 44.7 Å². The molecule has 1 amide bonds. The second-order valence-corrected chi connectivity index (χ2v) is 4.70. The molecule has 1 aromatic rings. The number of rotatable bonds is 2. The van der Waals surface area contributed by atoms with Gasteiger partial charge in [-0.05, 0) is 12.8 Å². The van der Waals surface area contributed by atoms with Gasteiger partial charge in [0.1, 0.15) is 0 Å². The third kappa shape index (κ3) is 2.19. The van der Waals surface area contributed by atoms with Crippen molar-refractivity contribution in [1.82, 2.24) is 20.3 Å². The topological polar surface area (TPSA) is 61.9 Å². The van der Waals surface area contributed by atoms with Gasteiger partial charge in [0.25, 0.3) is 5.91 Å². The summed E-state index contributed by atoms with van der Waals surface area (Å²) in [4.78, 5) is 13.7. The maximum Gasteiger partial charge on any atom is 0.276 e. The first-order chi connectivity index (χ1) is 7.70. The second kappa shape index (κ2) is 4.82. The minimum Gasteiger partial charge on any atom is -0.336 e. The SMILES string of the molecule is CN(C(=O)c1cn[nH]n1)C1CCCCC1Cl. The molecule has 1 N–H and O–H groups in total. The van der Waals surface area contributed by atoms with Crippen LogP contribution in [0.25, 0.3) is 0 Å². The summed E-state index contributed by atoms with van der Waals surface area (Å²) in [6.45, 7) is 0. The zero-order chi connectivity index (χ0) is 11.5. The Balaban J connectivity index is 2.06. The van der Waals surface area contributed by atoms with Crippen molar-refractivity contribution >= 4 is 17.5 Å². The molecule has 5 nitrogen and oxygen atoms in total. The lowest BCUT2D eigenvalue weighted by Gasteiger charge is -2.34. The minimum atomic E-state index is -0.119. The Kier molecular flexibility index (Phi) is 3.43. The summed E-state index contributed by atoms with van der Waals surface area (Å²) in [5, 5.41) is 9.91. The number of nitrogens with one attached hydrogen (secondary N) is 1. The summed E-state index contributed by atoms with van der Waals surface area (Å²) < 4.78 is 0. The zero-order valence-corrected chi connectivity index (χ0v) is 9.94. The van der Waals surface area contributed by atoms with E-state index in [9.17, 15) is 4.79 Å². The molecule has 88 valence electrons. The molecule has 0 radical (unpaired) electrons. The van der Waals surface area contributed by atoms with Gasteiger partial charge in [-0.3, -0.25) is 4.79 Å². The Morgan fingerprint density at radius 3 is 2.94 bits per heavy atom. The van der Waals surface area contributed by atoms with E-state index in [1.165, 1.54) is 6.20 Å². The van der Waals surface area contributed by atoms with Crippen molar-refractivity contribution < 1.29 is 4.79 Å². The summed E-state index contributed by atoms with van der Waals surface area (Å²) >= 11 is 6.25. The number of halogens is 1. The molecule has 1 aromatic heterocycles. The number of carbonyl (C=O) groups is 1. The minimum absolute atomic E-state index is 0.0506. The van der Waals surface area contributed by atoms with E-state index in [2.05, 4.69) is 15.4 Å². The quantitative estimate of drug-likeness (QED) is 0.798. The zero-order valence-electron chi connectivity index (χ0n) is 9.19. The first kappa shape index (κ1) is 11.4. The van der Waals surface area contributed by atoms with Crippen molar-refractivity contribution in [3.8, 4) is 0 Å². The number of nitrogens with zero attached hydrogens (tertiary/aromatic N) is 3. The molecule has 1 heterocycles. The molecule has 1 saturated carbocycles. The fraction of sp³-hybridized carbons (Fsp3) is 0.700. The normalized spacial score (nSPS) is 25.4. The predicted octanol–water partition coefficient (Wildman–Crippen LogP) is 1.43. The van der Waals surface area contributed by atoms with Gasteiger partial charge in [0.05, 0.1) is 11.6 Å². The monoisotopic (exact) mass is 242 g/mol. The molecule has 0 aliphatic heterocycles. The molecule has 6 heteroatoms. The van der Waals surface area contributed by atoms with Gasteiger partial charge >= 0.3 is 0 Å². The average Bonchev–Trinajstić information content (AvgIpc) is 2.81. The molecule has 2 unspecified atom stereocenters. The van der Waals surface area contributed by atoms with E-state index in [1.54, 1.807) is 11.9 Å². The number of H-pyrrole nitrogens is 1. The molecule has 2 rings (SSSR count). The first-order valence-electron chi connectivity index (χ1n) is 5.47. The average molecular weight is 243 g/mol. The summed E-state index contributed by atoms with van der Waals surface area (Å²) in [5.41, 5.74) is 0.344. The van der Waals surface area contributed by atoms with Gasteiger partial charge in [0.15, 0.2) is 5.69 Å². The van der Waals surface area contributed by atoms with E-state index < -0.39 is 0 Å². The van der Waals surface area contributed by atoms with Crippen molar-refractivity contribution in [2.75, 3.05) is 7.05 Å². The highest BCUT2D eigenvalue weighted by Crippen LogP contribution is 2.27. The van der Waals surface area contributed by atoms with Gasteiger partial charge in [-0.1, -0.05) is 12.8 Å². The van der Waals surface area contributed by atoms with Crippen LogP contribution in [0.2, 0.25) is 0 Å². The molecule has 0 aromatic carbocycles. The molecule has 1 aliphatic rings. The van der Waals surface area contributed by atoms with Crippen LogP contribution in [0.1, 0.15) is 36.2 Å². The molecular formula is C10H15ClN4O. The third-order valence-corrected chi connectivity index (χ3v) is 3.61. The molecule has 1 fully saturated rings. The van der Waals surface area contributed by atoms with Crippen molar-refractivity contribution in [2.45, 2.75) is 37.1 Å². The van der Waals surface area contributed by atoms with E-state index in [1.807, 2.05) is 0 Å². The molecular weight excluding hydrogens is 228 g/mol. The van der Waals surface area contributed by atoms with Gasteiger partial charge in [-0.25, -0.2) is 0 Å². The predicted molar refractivity (Wildman–Crippen MR) is 60.4 cm³/mol. The van der Waals surface area contributed by atoms with Crippen molar-refractivity contribution in [2.24, 2.45) is 0 Å². The number of amides is 1. The van der Waals surface area contributed by atoms with Gasteiger partial charge in [0, 0.05) is 13.1 Å². The number of aromatic amines is 1. The van der Waals surface area contributed by atoms with Gasteiger partial charge in [0.2, 0.25) is 0 Å². The van der Waals surface area contributed by atoms with Crippen molar-refractivity contribution in [3.63, 3.8) is 0 Å². The van der Waals surface area contributed by atoms with E-state index in [0.29, 0.717) is 5.69 Å². The van der Waals surface area contributed by atoms with Crippen molar-refractivity contribution in [1.29, 1.82) is 0 Å². The van der Waals surface area contributed by atoms with Crippen LogP contribution in [-0.2, 0) is 0 Å². The molecule has 16 heavy (non-hydrogen) atoms. The Morgan fingerprint density at radius 2 is 2.31 bits per heavy atom. The molecule has 0 spiro atoms. The Labute approximate surface area is 99.2 Å². The van der Waals surface area contributed by atoms with Gasteiger partial charge in [-0.2, -0.15) is 15.4 Å². The molecule has 1 aliphatic carbocycles. The lowest BCUT2D eigenvalue weighted by molar-refractivity contribution is 0.0694. The van der Waals surface area contributed by atoms with Crippen LogP contribution in [0.4, 0.5) is 0 Å². The molecule has 2 atom stereocenters. The van der Waals surface area contributed by atoms with E-state index in [-0.39, 0.29) is 17.3 Å². The summed E-state index contributed by atoms with van der Waals surface area (Å²) in [6.07, 6.45) is 5.66. The largest absolute Gasteiger partial charge is 0.336 e. The highest BCUT2D eigenvalue weighted by atomic mass is 35.5. The van der Waals surface area contributed by atoms with Crippen LogP contribution in [0.3, 0.4) is 0 Å². The second-order valence-electron chi connectivity index (χ2n) is 4.14. The fourth-order valence-corrected chi connectivity index (χ4v) is 2.59. The van der Waals surface area contributed by atoms with Crippen LogP contribution in [0.5, 0.6) is 0 Å². The number of alkyl halides is 1. The van der Waals surface area contributed by atoms with Crippen LogP contribution in [0, 0.1) is 0 Å². The smallest absolute Gasteiger partial charge is 0.276 e. The highest BCUT2D eigenvalue weighted by Gasteiger charge is 2.30. The molecule has 0 saturated heterocycles. The number of hydrogen-bond acceptors (Lipinski definition) is 3. The number of carbonyl (C=O) groups excluding carboxylic acids is 1. The van der Waals surface area contributed by atoms with Crippen LogP contribution in [0.15, 0.2) is 6.20 Å². The lowest BCUT2D eigenvalue weighted by Crippen LogP contribution is -2.44. The number of hydrogen-bond donors (Lipinski definition) is 1. The van der Waals surface area contributed by atoms with E-state index in [4.69, 9.17) is 11.6 Å². The van der Waals surface area contributed by atoms with E-state index in [0.717, 1.165) is 25.7 Å². The number of aromatic nitrogens is 3. The first-order valence-corrected chi connectivity index (χ1v) is 5.91. The van der Waals surface area contributed by atoms with E-state index >= 15 is 0 Å². The molecule has 0 bridgehead atoms.